The van der Waals surface area contributed by atoms with Crippen molar-refractivity contribution in [2.45, 2.75) is 19.9 Å². The summed E-state index contributed by atoms with van der Waals surface area (Å²) in [5, 5.41) is 13.9. The summed E-state index contributed by atoms with van der Waals surface area (Å²) in [5.74, 6) is -1.14. The van der Waals surface area contributed by atoms with Gasteiger partial charge >= 0.3 is 0 Å². The fourth-order valence-corrected chi connectivity index (χ4v) is 3.58. The van der Waals surface area contributed by atoms with Crippen molar-refractivity contribution in [2.75, 3.05) is 20.8 Å². The molecule has 0 fully saturated rings. The van der Waals surface area contributed by atoms with E-state index in [-0.39, 0.29) is 11.1 Å². The topological polar surface area (TPSA) is 128 Å². The number of nitrogens with zero attached hydrogens (tertiary/aromatic N) is 2. The number of rotatable bonds is 7. The molecular formula is C21H21N3O7. The zero-order valence-electron chi connectivity index (χ0n) is 17.4. The molecule has 3 rings (SSSR count). The predicted molar refractivity (Wildman–Crippen MR) is 109 cm³/mol. The second kappa shape index (κ2) is 8.42. The maximum atomic E-state index is 12.6. The van der Waals surface area contributed by atoms with Gasteiger partial charge in [-0.2, -0.15) is 0 Å². The average molecular weight is 427 g/mol. The van der Waals surface area contributed by atoms with Gasteiger partial charge in [0.2, 0.25) is 5.91 Å². The van der Waals surface area contributed by atoms with Gasteiger partial charge in [0.25, 0.3) is 17.5 Å². The molecule has 3 amide bonds. The second-order valence-corrected chi connectivity index (χ2v) is 7.01. The zero-order valence-corrected chi connectivity index (χ0v) is 17.4. The average Bonchev–Trinajstić information content (AvgIpc) is 2.98. The number of amides is 3. The third kappa shape index (κ3) is 3.91. The Labute approximate surface area is 177 Å². The van der Waals surface area contributed by atoms with Crippen molar-refractivity contribution in [1.29, 1.82) is 0 Å². The first kappa shape index (κ1) is 21.8. The van der Waals surface area contributed by atoms with E-state index in [0.29, 0.717) is 16.4 Å². The lowest BCUT2D eigenvalue weighted by Gasteiger charge is -2.20. The van der Waals surface area contributed by atoms with Crippen LogP contribution in [0.25, 0.3) is 0 Å². The van der Waals surface area contributed by atoms with Gasteiger partial charge in [-0.05, 0) is 43.2 Å². The van der Waals surface area contributed by atoms with Gasteiger partial charge in [0.05, 0.1) is 30.7 Å². The van der Waals surface area contributed by atoms with E-state index in [1.165, 1.54) is 26.4 Å². The number of fused-ring (bicyclic) bond motifs is 1. The molecule has 0 bridgehead atoms. The third-order valence-electron chi connectivity index (χ3n) is 5.09. The van der Waals surface area contributed by atoms with Crippen LogP contribution in [-0.4, -0.2) is 48.3 Å². The molecule has 31 heavy (non-hydrogen) atoms. The number of imide groups is 1. The number of nitro groups is 1. The van der Waals surface area contributed by atoms with E-state index in [2.05, 4.69) is 5.32 Å². The smallest absolute Gasteiger partial charge is 0.282 e. The lowest BCUT2D eigenvalue weighted by molar-refractivity contribution is -0.385. The molecule has 0 saturated heterocycles. The highest BCUT2D eigenvalue weighted by molar-refractivity contribution is 6.24. The molecule has 1 atom stereocenters. The largest absolute Gasteiger partial charge is 0.493 e. The van der Waals surface area contributed by atoms with Crippen molar-refractivity contribution < 1.29 is 28.8 Å². The molecule has 0 spiro atoms. The minimum Gasteiger partial charge on any atom is -0.493 e. The van der Waals surface area contributed by atoms with Gasteiger partial charge in [-0.3, -0.25) is 29.4 Å². The fraction of sp³-hybridized carbons (Fsp3) is 0.286. The van der Waals surface area contributed by atoms with Gasteiger partial charge in [-0.15, -0.1) is 0 Å². The number of carbonyl (C=O) groups is 3. The van der Waals surface area contributed by atoms with Crippen molar-refractivity contribution in [3.8, 4) is 11.5 Å². The summed E-state index contributed by atoms with van der Waals surface area (Å²) >= 11 is 0. The van der Waals surface area contributed by atoms with Gasteiger partial charge in [-0.1, -0.05) is 6.07 Å². The third-order valence-corrected chi connectivity index (χ3v) is 5.09. The van der Waals surface area contributed by atoms with E-state index >= 15 is 0 Å². The molecule has 1 aliphatic heterocycles. The minimum atomic E-state index is -0.864. The summed E-state index contributed by atoms with van der Waals surface area (Å²) in [7, 11) is 3.02. The van der Waals surface area contributed by atoms with Crippen LogP contribution in [0.1, 0.15) is 44.8 Å². The maximum Gasteiger partial charge on any atom is 0.282 e. The van der Waals surface area contributed by atoms with Gasteiger partial charge < -0.3 is 14.8 Å². The minimum absolute atomic E-state index is 0.0872. The van der Waals surface area contributed by atoms with Crippen LogP contribution in [0.5, 0.6) is 11.5 Å². The predicted octanol–water partition coefficient (Wildman–Crippen LogP) is 2.39. The number of carbonyl (C=O) groups excluding carboxylic acids is 3. The Morgan fingerprint density at radius 3 is 2.42 bits per heavy atom. The Hall–Kier alpha value is -3.95. The normalized spacial score (nSPS) is 13.6. The summed E-state index contributed by atoms with van der Waals surface area (Å²) in [6, 6.07) is 6.86. The number of nitro benzene ring substituents is 1. The van der Waals surface area contributed by atoms with E-state index in [1.54, 1.807) is 19.1 Å². The van der Waals surface area contributed by atoms with Crippen molar-refractivity contribution in [1.82, 2.24) is 10.2 Å². The Morgan fingerprint density at radius 1 is 1.16 bits per heavy atom. The molecule has 2 aromatic rings. The lowest BCUT2D eigenvalue weighted by atomic mass is 10.0. The monoisotopic (exact) mass is 427 g/mol. The maximum absolute atomic E-state index is 12.6. The molecule has 162 valence electrons. The van der Waals surface area contributed by atoms with Crippen LogP contribution in [0.3, 0.4) is 0 Å². The quantitative estimate of drug-likeness (QED) is 0.408. The van der Waals surface area contributed by atoms with E-state index in [4.69, 9.17) is 9.47 Å². The van der Waals surface area contributed by atoms with Crippen molar-refractivity contribution >= 4 is 23.4 Å². The number of hydrogen-bond donors (Lipinski definition) is 1. The van der Waals surface area contributed by atoms with E-state index < -0.39 is 40.9 Å². The van der Waals surface area contributed by atoms with Crippen LogP contribution < -0.4 is 14.8 Å². The number of aryl methyl sites for hydroxylation is 1. The van der Waals surface area contributed by atoms with Crippen molar-refractivity contribution in [2.24, 2.45) is 0 Å². The van der Waals surface area contributed by atoms with E-state index in [9.17, 15) is 24.5 Å². The molecule has 2 aromatic carbocycles. The summed E-state index contributed by atoms with van der Waals surface area (Å²) in [5.41, 5.74) is 0.767. The molecule has 0 saturated carbocycles. The summed E-state index contributed by atoms with van der Waals surface area (Å²) in [4.78, 5) is 48.9. The molecular weight excluding hydrogens is 406 g/mol. The summed E-state index contributed by atoms with van der Waals surface area (Å²) < 4.78 is 10.6. The van der Waals surface area contributed by atoms with Crippen molar-refractivity contribution in [3.05, 3.63) is 62.7 Å². The molecule has 10 heteroatoms. The highest BCUT2D eigenvalue weighted by atomic mass is 16.6. The van der Waals surface area contributed by atoms with Crippen molar-refractivity contribution in [3.63, 3.8) is 0 Å². The number of benzene rings is 2. The van der Waals surface area contributed by atoms with Crippen LogP contribution in [0, 0.1) is 17.0 Å². The first-order valence-corrected chi connectivity index (χ1v) is 9.35. The molecule has 1 aliphatic rings. The molecule has 1 N–H and O–H groups in total. The number of ether oxygens (including phenoxy) is 2. The van der Waals surface area contributed by atoms with Gasteiger partial charge in [0.1, 0.15) is 12.1 Å². The Balaban J connectivity index is 1.77. The highest BCUT2D eigenvalue weighted by Crippen LogP contribution is 2.33. The summed E-state index contributed by atoms with van der Waals surface area (Å²) in [6.45, 7) is 3.04. The molecule has 0 aliphatic carbocycles. The first-order valence-electron chi connectivity index (χ1n) is 9.35. The highest BCUT2D eigenvalue weighted by Gasteiger charge is 2.41. The fourth-order valence-electron chi connectivity index (χ4n) is 3.58. The van der Waals surface area contributed by atoms with Crippen LogP contribution in [0.4, 0.5) is 5.69 Å². The van der Waals surface area contributed by atoms with E-state index in [0.717, 1.165) is 17.2 Å². The summed E-state index contributed by atoms with van der Waals surface area (Å²) in [6.07, 6.45) is 0. The van der Waals surface area contributed by atoms with Crippen LogP contribution >= 0.6 is 0 Å². The van der Waals surface area contributed by atoms with E-state index in [1.807, 2.05) is 6.92 Å². The molecule has 10 nitrogen and oxygen atoms in total. The Bertz CT molecular complexity index is 1100. The SMILES string of the molecule is COc1cc(C)c([C@H](C)NC(=O)CN2C(=O)c3cccc([N+](=O)[O-])c3C2=O)cc1OC. The Kier molecular flexibility index (Phi) is 5.91. The first-order chi connectivity index (χ1) is 14.7. The number of hydrogen-bond acceptors (Lipinski definition) is 7. The number of methoxy groups -OCH3 is 2. The van der Waals surface area contributed by atoms with Gasteiger partial charge in [-0.25, -0.2) is 0 Å². The lowest BCUT2D eigenvalue weighted by Crippen LogP contribution is -2.41. The second-order valence-electron chi connectivity index (χ2n) is 7.01. The van der Waals surface area contributed by atoms with Crippen LogP contribution in [-0.2, 0) is 4.79 Å². The van der Waals surface area contributed by atoms with Crippen LogP contribution in [0.15, 0.2) is 30.3 Å². The molecule has 0 unspecified atom stereocenters. The standard InChI is InChI=1S/C21H21N3O7/c1-11-8-16(30-3)17(31-4)9-14(11)12(2)22-18(25)10-23-20(26)13-6-5-7-15(24(28)29)19(13)21(23)27/h5-9,12H,10H2,1-4H3,(H,22,25)/t12-/m0/s1. The number of nitrogens with one attached hydrogen (secondary N) is 1. The molecule has 0 aromatic heterocycles. The Morgan fingerprint density at radius 2 is 1.81 bits per heavy atom. The zero-order chi connectivity index (χ0) is 22.9. The molecule has 0 radical (unpaired) electrons. The van der Waals surface area contributed by atoms with Gasteiger partial charge in [0.15, 0.2) is 11.5 Å². The van der Waals surface area contributed by atoms with Gasteiger partial charge in [0, 0.05) is 6.07 Å². The van der Waals surface area contributed by atoms with Crippen LogP contribution in [0.2, 0.25) is 0 Å². The molecule has 1 heterocycles.